The number of benzene rings is 1. The van der Waals surface area contributed by atoms with Crippen molar-refractivity contribution in [3.63, 3.8) is 0 Å². The average Bonchev–Trinajstić information content (AvgIpc) is 2.36. The lowest BCUT2D eigenvalue weighted by Gasteiger charge is -2.19. The van der Waals surface area contributed by atoms with Crippen LogP contribution in [0.2, 0.25) is 0 Å². The topological polar surface area (TPSA) is 26.3 Å². The van der Waals surface area contributed by atoms with Crippen molar-refractivity contribution in [1.82, 2.24) is 0 Å². The van der Waals surface area contributed by atoms with Crippen molar-refractivity contribution in [2.75, 3.05) is 0 Å². The molecular formula is C16H24O2. The molecule has 0 saturated heterocycles. The van der Waals surface area contributed by atoms with Crippen molar-refractivity contribution in [2.24, 2.45) is 0 Å². The number of carbonyl (C=O) groups is 1. The fraction of sp³-hybridized carbons (Fsp3) is 0.562. The number of rotatable bonds is 5. The minimum Gasteiger partial charge on any atom is -0.426 e. The van der Waals surface area contributed by atoms with Crippen LogP contribution in [-0.2, 0) is 30.5 Å². The first-order valence-corrected chi connectivity index (χ1v) is 6.93. The Morgan fingerprint density at radius 2 is 1.39 bits per heavy atom. The lowest BCUT2D eigenvalue weighted by Crippen LogP contribution is -2.10. The Morgan fingerprint density at radius 1 is 0.944 bits per heavy atom. The van der Waals surface area contributed by atoms with Gasteiger partial charge in [-0.15, -0.1) is 0 Å². The molecule has 18 heavy (non-hydrogen) atoms. The third-order valence-electron chi connectivity index (χ3n) is 3.39. The van der Waals surface area contributed by atoms with E-state index < -0.39 is 0 Å². The van der Waals surface area contributed by atoms with Crippen LogP contribution in [0.1, 0.15) is 56.9 Å². The predicted molar refractivity (Wildman–Crippen MR) is 75.3 cm³/mol. The van der Waals surface area contributed by atoms with Gasteiger partial charge in [0.1, 0.15) is 5.75 Å². The summed E-state index contributed by atoms with van der Waals surface area (Å²) in [7, 11) is 0. The molecule has 2 nitrogen and oxygen atoms in total. The summed E-state index contributed by atoms with van der Waals surface area (Å²) in [5, 5.41) is 0. The van der Waals surface area contributed by atoms with Gasteiger partial charge in [-0.2, -0.15) is 0 Å². The molecule has 1 aromatic carbocycles. The normalized spacial score (nSPS) is 10.5. The fourth-order valence-corrected chi connectivity index (χ4v) is 2.53. The summed E-state index contributed by atoms with van der Waals surface area (Å²) in [6.45, 7) is 10.0. The van der Waals surface area contributed by atoms with Crippen LogP contribution in [-0.4, -0.2) is 5.97 Å². The molecule has 0 heterocycles. The second kappa shape index (κ2) is 6.58. The number of ether oxygens (including phenoxy) is 1. The van der Waals surface area contributed by atoms with Crippen LogP contribution in [0.15, 0.2) is 6.07 Å². The molecular weight excluding hydrogens is 224 g/mol. The summed E-state index contributed by atoms with van der Waals surface area (Å²) in [5.41, 5.74) is 5.01. The summed E-state index contributed by atoms with van der Waals surface area (Å²) in [5.74, 6) is 0.596. The molecule has 0 aliphatic heterocycles. The molecule has 0 atom stereocenters. The molecule has 0 radical (unpaired) electrons. The minimum atomic E-state index is -0.227. The summed E-state index contributed by atoms with van der Waals surface area (Å²) in [6, 6.07) is 2.28. The van der Waals surface area contributed by atoms with E-state index in [-0.39, 0.29) is 5.97 Å². The Hall–Kier alpha value is -1.31. The quantitative estimate of drug-likeness (QED) is 0.584. The lowest BCUT2D eigenvalue weighted by molar-refractivity contribution is -0.132. The van der Waals surface area contributed by atoms with Gasteiger partial charge in [-0.05, 0) is 47.9 Å². The van der Waals surface area contributed by atoms with Crippen LogP contribution in [0, 0.1) is 0 Å². The van der Waals surface area contributed by atoms with E-state index in [1.807, 2.05) is 0 Å². The highest BCUT2D eigenvalue weighted by atomic mass is 16.5. The zero-order chi connectivity index (χ0) is 13.7. The van der Waals surface area contributed by atoms with Gasteiger partial charge in [0.25, 0.3) is 0 Å². The number of esters is 1. The minimum absolute atomic E-state index is 0.227. The molecule has 100 valence electrons. The maximum Gasteiger partial charge on any atom is 0.308 e. The standard InChI is InChI=1S/C16H24O2/c1-6-12-10-13(7-2)15(9-4)16(14(12)8-3)18-11(5)17/h10H,6-9H2,1-5H3. The van der Waals surface area contributed by atoms with E-state index >= 15 is 0 Å². The first-order valence-electron chi connectivity index (χ1n) is 6.93. The van der Waals surface area contributed by atoms with Crippen molar-refractivity contribution in [3.05, 3.63) is 28.3 Å². The van der Waals surface area contributed by atoms with E-state index in [1.54, 1.807) is 0 Å². The number of carbonyl (C=O) groups excluding carboxylic acids is 1. The van der Waals surface area contributed by atoms with Crippen molar-refractivity contribution in [1.29, 1.82) is 0 Å². The average molecular weight is 248 g/mol. The van der Waals surface area contributed by atoms with Gasteiger partial charge >= 0.3 is 5.97 Å². The third kappa shape index (κ3) is 2.92. The number of aryl methyl sites for hydroxylation is 2. The lowest BCUT2D eigenvalue weighted by atomic mass is 9.91. The Morgan fingerprint density at radius 3 is 1.67 bits per heavy atom. The van der Waals surface area contributed by atoms with E-state index in [0.29, 0.717) is 0 Å². The van der Waals surface area contributed by atoms with Crippen LogP contribution >= 0.6 is 0 Å². The smallest absolute Gasteiger partial charge is 0.308 e. The Bertz CT molecular complexity index is 403. The van der Waals surface area contributed by atoms with E-state index in [2.05, 4.69) is 33.8 Å². The summed E-state index contributed by atoms with van der Waals surface area (Å²) >= 11 is 0. The Balaban J connectivity index is 3.51. The van der Waals surface area contributed by atoms with Crippen LogP contribution in [0.4, 0.5) is 0 Å². The maximum atomic E-state index is 11.3. The largest absolute Gasteiger partial charge is 0.426 e. The van der Waals surface area contributed by atoms with E-state index in [9.17, 15) is 4.79 Å². The van der Waals surface area contributed by atoms with E-state index in [1.165, 1.54) is 29.2 Å². The van der Waals surface area contributed by atoms with Crippen LogP contribution in [0.5, 0.6) is 5.75 Å². The summed E-state index contributed by atoms with van der Waals surface area (Å²) in [6.07, 6.45) is 3.77. The van der Waals surface area contributed by atoms with E-state index in [0.717, 1.165) is 31.4 Å². The Kier molecular flexibility index (Phi) is 5.39. The molecule has 0 fully saturated rings. The highest BCUT2D eigenvalue weighted by molar-refractivity contribution is 5.71. The SMILES string of the molecule is CCc1cc(CC)c(CC)c(OC(C)=O)c1CC. The van der Waals surface area contributed by atoms with Gasteiger partial charge < -0.3 is 4.74 Å². The van der Waals surface area contributed by atoms with Gasteiger partial charge in [-0.3, -0.25) is 4.79 Å². The van der Waals surface area contributed by atoms with Crippen molar-refractivity contribution in [2.45, 2.75) is 60.3 Å². The van der Waals surface area contributed by atoms with Gasteiger partial charge in [-0.1, -0.05) is 33.8 Å². The molecule has 0 aromatic heterocycles. The molecule has 0 bridgehead atoms. The molecule has 0 N–H and O–H groups in total. The Labute approximate surface area is 110 Å². The molecule has 1 aromatic rings. The van der Waals surface area contributed by atoms with Gasteiger partial charge in [0, 0.05) is 6.92 Å². The van der Waals surface area contributed by atoms with Gasteiger partial charge in [0.2, 0.25) is 0 Å². The van der Waals surface area contributed by atoms with Crippen LogP contribution < -0.4 is 4.74 Å². The van der Waals surface area contributed by atoms with E-state index in [4.69, 9.17) is 4.74 Å². The first kappa shape index (κ1) is 14.7. The van der Waals surface area contributed by atoms with Gasteiger partial charge in [0.15, 0.2) is 0 Å². The van der Waals surface area contributed by atoms with Crippen molar-refractivity contribution < 1.29 is 9.53 Å². The molecule has 0 unspecified atom stereocenters. The second-order valence-electron chi connectivity index (χ2n) is 4.49. The van der Waals surface area contributed by atoms with Crippen LogP contribution in [0.3, 0.4) is 0 Å². The highest BCUT2D eigenvalue weighted by Gasteiger charge is 2.17. The predicted octanol–water partition coefficient (Wildman–Crippen LogP) is 3.86. The third-order valence-corrected chi connectivity index (χ3v) is 3.39. The zero-order valence-electron chi connectivity index (χ0n) is 12.2. The molecule has 0 amide bonds. The highest BCUT2D eigenvalue weighted by Crippen LogP contribution is 2.32. The van der Waals surface area contributed by atoms with Crippen molar-refractivity contribution in [3.8, 4) is 5.75 Å². The number of hydrogen-bond donors (Lipinski definition) is 0. The monoisotopic (exact) mass is 248 g/mol. The first-order chi connectivity index (χ1) is 8.58. The summed E-state index contributed by atoms with van der Waals surface area (Å²) in [4.78, 5) is 11.3. The maximum absolute atomic E-state index is 11.3. The fourth-order valence-electron chi connectivity index (χ4n) is 2.53. The second-order valence-corrected chi connectivity index (χ2v) is 4.49. The molecule has 0 aliphatic rings. The molecule has 0 aliphatic carbocycles. The summed E-state index contributed by atoms with van der Waals surface area (Å²) < 4.78 is 5.50. The zero-order valence-corrected chi connectivity index (χ0v) is 12.2. The number of hydrogen-bond acceptors (Lipinski definition) is 2. The van der Waals surface area contributed by atoms with Crippen LogP contribution in [0.25, 0.3) is 0 Å². The molecule has 0 spiro atoms. The van der Waals surface area contributed by atoms with Gasteiger partial charge in [0.05, 0.1) is 0 Å². The van der Waals surface area contributed by atoms with Crippen molar-refractivity contribution >= 4 is 5.97 Å². The molecule has 2 heteroatoms. The van der Waals surface area contributed by atoms with Gasteiger partial charge in [-0.25, -0.2) is 0 Å². The molecule has 0 saturated carbocycles. The molecule has 1 rings (SSSR count).